The first-order valence-corrected chi connectivity index (χ1v) is 8.91. The van der Waals surface area contributed by atoms with Crippen LogP contribution in [0.4, 0.5) is 9.18 Å². The third-order valence-electron chi connectivity index (χ3n) is 4.73. The summed E-state index contributed by atoms with van der Waals surface area (Å²) < 4.78 is 19.2. The normalized spacial score (nSPS) is 30.1. The Labute approximate surface area is 144 Å². The summed E-state index contributed by atoms with van der Waals surface area (Å²) in [6, 6.07) is -0.680. The minimum Gasteiger partial charge on any atom is -0.444 e. The minimum absolute atomic E-state index is 0.0428. The Morgan fingerprint density at radius 3 is 2.54 bits per heavy atom. The highest BCUT2D eigenvalue weighted by Crippen LogP contribution is 2.35. The Morgan fingerprint density at radius 2 is 1.96 bits per heavy atom. The number of rotatable bonds is 2. The average Bonchev–Trinajstić information content (AvgIpc) is 2.78. The summed E-state index contributed by atoms with van der Waals surface area (Å²) in [4.78, 5) is 26.1. The van der Waals surface area contributed by atoms with Gasteiger partial charge in [-0.15, -0.1) is 0 Å². The summed E-state index contributed by atoms with van der Waals surface area (Å²) in [5, 5.41) is 3.03. The molecule has 5 nitrogen and oxygen atoms in total. The Balaban J connectivity index is 1.99. The van der Waals surface area contributed by atoms with Gasteiger partial charge in [0.15, 0.2) is 0 Å². The minimum atomic E-state index is -1.18. The van der Waals surface area contributed by atoms with Crippen LogP contribution < -0.4 is 5.32 Å². The summed E-state index contributed by atoms with van der Waals surface area (Å²) in [5.74, 6) is -0.260. The number of hydrogen-bond donors (Lipinski definition) is 1. The predicted octanol–water partition coefficient (Wildman–Crippen LogP) is 3.42. The van der Waals surface area contributed by atoms with Gasteiger partial charge in [0.25, 0.3) is 0 Å². The van der Waals surface area contributed by atoms with Crippen LogP contribution in [-0.2, 0) is 9.53 Å². The van der Waals surface area contributed by atoms with Gasteiger partial charge < -0.3 is 10.1 Å². The highest BCUT2D eigenvalue weighted by atomic mass is 19.1. The molecule has 1 unspecified atom stereocenters. The first-order valence-electron chi connectivity index (χ1n) is 8.91. The van der Waals surface area contributed by atoms with E-state index in [1.54, 1.807) is 20.8 Å². The third-order valence-corrected chi connectivity index (χ3v) is 4.73. The highest BCUT2D eigenvalue weighted by molar-refractivity contribution is 5.86. The van der Waals surface area contributed by atoms with Crippen LogP contribution in [0.5, 0.6) is 0 Å². The van der Waals surface area contributed by atoms with Crippen LogP contribution in [0.1, 0.15) is 66.7 Å². The van der Waals surface area contributed by atoms with Crippen molar-refractivity contribution in [3.05, 3.63) is 0 Å². The second-order valence-corrected chi connectivity index (χ2v) is 8.95. The van der Waals surface area contributed by atoms with E-state index >= 15 is 0 Å². The van der Waals surface area contributed by atoms with Gasteiger partial charge in [-0.2, -0.15) is 0 Å². The lowest BCUT2D eigenvalue weighted by Gasteiger charge is -2.36. The van der Waals surface area contributed by atoms with Gasteiger partial charge in [0.2, 0.25) is 5.91 Å². The molecule has 24 heavy (non-hydrogen) atoms. The number of nitrogens with one attached hydrogen (secondary N) is 1. The van der Waals surface area contributed by atoms with Gasteiger partial charge in [0, 0.05) is 12.5 Å². The van der Waals surface area contributed by atoms with Crippen LogP contribution in [0.2, 0.25) is 0 Å². The van der Waals surface area contributed by atoms with E-state index in [9.17, 15) is 14.0 Å². The van der Waals surface area contributed by atoms with E-state index in [-0.39, 0.29) is 30.3 Å². The standard InChI is InChI=1S/C18H31FN2O3/c1-17(2,3)24-16(23)21-11-12(19)9-14(21)15(22)20-13-7-6-8-18(4,5)10-13/h12-14H,6-11H2,1-5H3,(H,20,22)/t12-,13?,14+/m1/s1. The Bertz CT molecular complexity index is 487. The van der Waals surface area contributed by atoms with Crippen molar-refractivity contribution < 1.29 is 18.7 Å². The van der Waals surface area contributed by atoms with Gasteiger partial charge in [-0.05, 0) is 45.4 Å². The van der Waals surface area contributed by atoms with Crippen LogP contribution in [0.15, 0.2) is 0 Å². The lowest BCUT2D eigenvalue weighted by molar-refractivity contribution is -0.126. The molecular formula is C18H31FN2O3. The second-order valence-electron chi connectivity index (χ2n) is 8.95. The monoisotopic (exact) mass is 342 g/mol. The molecule has 1 saturated carbocycles. The van der Waals surface area contributed by atoms with Gasteiger partial charge in [-0.1, -0.05) is 20.3 Å². The molecule has 1 aliphatic heterocycles. The van der Waals surface area contributed by atoms with Crippen molar-refractivity contribution in [1.82, 2.24) is 10.2 Å². The number of likely N-dealkylation sites (tertiary alicyclic amines) is 1. The molecular weight excluding hydrogens is 311 g/mol. The zero-order valence-electron chi connectivity index (χ0n) is 15.5. The average molecular weight is 342 g/mol. The smallest absolute Gasteiger partial charge is 0.411 e. The van der Waals surface area contributed by atoms with E-state index in [4.69, 9.17) is 4.74 Å². The molecule has 0 bridgehead atoms. The van der Waals surface area contributed by atoms with E-state index in [0.29, 0.717) is 0 Å². The highest BCUT2D eigenvalue weighted by Gasteiger charge is 2.42. The summed E-state index contributed by atoms with van der Waals surface area (Å²) in [5.41, 5.74) is -0.459. The zero-order valence-corrected chi connectivity index (χ0v) is 15.5. The molecule has 1 saturated heterocycles. The molecule has 2 amide bonds. The number of alkyl halides is 1. The number of amides is 2. The first kappa shape index (κ1) is 19.0. The summed E-state index contributed by atoms with van der Waals surface area (Å²) >= 11 is 0. The fraction of sp³-hybridized carbons (Fsp3) is 0.889. The van der Waals surface area contributed by atoms with Gasteiger partial charge in [-0.25, -0.2) is 9.18 Å². The van der Waals surface area contributed by atoms with Crippen LogP contribution in [0.25, 0.3) is 0 Å². The second kappa shape index (κ2) is 6.89. The maximum atomic E-state index is 13.8. The molecule has 1 heterocycles. The molecule has 0 radical (unpaired) electrons. The van der Waals surface area contributed by atoms with E-state index in [1.807, 2.05) is 0 Å². The Kier molecular flexibility index (Phi) is 5.45. The molecule has 0 spiro atoms. The fourth-order valence-corrected chi connectivity index (χ4v) is 3.67. The Hall–Kier alpha value is -1.33. The largest absolute Gasteiger partial charge is 0.444 e. The van der Waals surface area contributed by atoms with E-state index < -0.39 is 23.9 Å². The first-order chi connectivity index (χ1) is 11.0. The van der Waals surface area contributed by atoms with Crippen LogP contribution in [0.3, 0.4) is 0 Å². The molecule has 3 atom stereocenters. The van der Waals surface area contributed by atoms with Crippen molar-refractivity contribution in [3.63, 3.8) is 0 Å². The number of carbonyl (C=O) groups is 2. The van der Waals surface area contributed by atoms with Crippen molar-refractivity contribution in [3.8, 4) is 0 Å². The van der Waals surface area contributed by atoms with Crippen molar-refractivity contribution >= 4 is 12.0 Å². The molecule has 2 rings (SSSR count). The number of hydrogen-bond acceptors (Lipinski definition) is 3. The predicted molar refractivity (Wildman–Crippen MR) is 90.4 cm³/mol. The van der Waals surface area contributed by atoms with Gasteiger partial charge in [-0.3, -0.25) is 9.69 Å². The van der Waals surface area contributed by atoms with Crippen molar-refractivity contribution in [2.24, 2.45) is 5.41 Å². The SMILES string of the molecule is CC1(C)CCCC(NC(=O)[C@@H]2C[C@@H](F)CN2C(=O)OC(C)(C)C)C1. The molecule has 0 aromatic heterocycles. The Morgan fingerprint density at radius 1 is 1.29 bits per heavy atom. The maximum Gasteiger partial charge on any atom is 0.411 e. The van der Waals surface area contributed by atoms with Crippen molar-refractivity contribution in [2.75, 3.05) is 6.54 Å². The fourth-order valence-electron chi connectivity index (χ4n) is 3.67. The van der Waals surface area contributed by atoms with Gasteiger partial charge >= 0.3 is 6.09 Å². The molecule has 0 aromatic rings. The molecule has 2 fully saturated rings. The lowest BCUT2D eigenvalue weighted by Crippen LogP contribution is -2.51. The van der Waals surface area contributed by atoms with E-state index in [2.05, 4.69) is 19.2 Å². The zero-order chi connectivity index (χ0) is 18.1. The number of nitrogens with zero attached hydrogens (tertiary/aromatic N) is 1. The molecule has 1 aliphatic carbocycles. The summed E-state index contributed by atoms with van der Waals surface area (Å²) in [6.07, 6.45) is 2.32. The van der Waals surface area contributed by atoms with Crippen molar-refractivity contribution in [1.29, 1.82) is 0 Å². The van der Waals surface area contributed by atoms with E-state index in [1.165, 1.54) is 4.90 Å². The maximum absolute atomic E-state index is 13.8. The molecule has 6 heteroatoms. The van der Waals surface area contributed by atoms with Crippen LogP contribution in [0, 0.1) is 5.41 Å². The number of halogens is 1. The van der Waals surface area contributed by atoms with E-state index in [0.717, 1.165) is 25.7 Å². The van der Waals surface area contributed by atoms with Crippen molar-refractivity contribution in [2.45, 2.75) is 90.6 Å². The lowest BCUT2D eigenvalue weighted by atomic mass is 9.75. The molecule has 0 aromatic carbocycles. The number of carbonyl (C=O) groups excluding carboxylic acids is 2. The quantitative estimate of drug-likeness (QED) is 0.836. The molecule has 2 aliphatic rings. The van der Waals surface area contributed by atoms with Crippen LogP contribution >= 0.6 is 0 Å². The third kappa shape index (κ3) is 5.08. The molecule has 1 N–H and O–H groups in total. The summed E-state index contributed by atoms with van der Waals surface area (Å²) in [7, 11) is 0. The topological polar surface area (TPSA) is 58.6 Å². The van der Waals surface area contributed by atoms with Gasteiger partial charge in [0.1, 0.15) is 17.8 Å². The number of ether oxygens (including phenoxy) is 1. The van der Waals surface area contributed by atoms with Crippen LogP contribution in [-0.4, -0.2) is 47.3 Å². The molecule has 138 valence electrons. The summed E-state index contributed by atoms with van der Waals surface area (Å²) in [6.45, 7) is 9.59. The van der Waals surface area contributed by atoms with Gasteiger partial charge in [0.05, 0.1) is 6.54 Å².